The van der Waals surface area contributed by atoms with E-state index in [9.17, 15) is 9.59 Å². The first-order chi connectivity index (χ1) is 9.74. The number of para-hydroxylation sites is 1. The van der Waals surface area contributed by atoms with Gasteiger partial charge in [0.15, 0.2) is 6.61 Å². The van der Waals surface area contributed by atoms with Crippen LogP contribution in [0.5, 0.6) is 5.75 Å². The second kappa shape index (κ2) is 7.53. The number of nitrogens with one attached hydrogen (secondary N) is 2. The van der Waals surface area contributed by atoms with Crippen LogP contribution >= 0.6 is 0 Å². The van der Waals surface area contributed by atoms with Crippen molar-refractivity contribution < 1.29 is 14.3 Å². The molecule has 0 saturated heterocycles. The highest BCUT2D eigenvalue weighted by Crippen LogP contribution is 2.17. The van der Waals surface area contributed by atoms with E-state index in [1.54, 1.807) is 12.1 Å². The number of benzene rings is 1. The van der Waals surface area contributed by atoms with Crippen LogP contribution in [0.15, 0.2) is 30.3 Å². The van der Waals surface area contributed by atoms with Gasteiger partial charge in [-0.3, -0.25) is 9.59 Å². The van der Waals surface area contributed by atoms with Gasteiger partial charge in [-0.2, -0.15) is 0 Å². The quantitative estimate of drug-likeness (QED) is 0.821. The summed E-state index contributed by atoms with van der Waals surface area (Å²) in [6, 6.07) is 9.38. The van der Waals surface area contributed by atoms with E-state index in [0.29, 0.717) is 5.75 Å². The fourth-order valence-electron chi connectivity index (χ4n) is 2.24. The van der Waals surface area contributed by atoms with Gasteiger partial charge >= 0.3 is 0 Å². The third-order valence-corrected chi connectivity index (χ3v) is 3.28. The van der Waals surface area contributed by atoms with Crippen molar-refractivity contribution >= 4 is 11.8 Å². The minimum Gasteiger partial charge on any atom is -0.484 e. The van der Waals surface area contributed by atoms with Gasteiger partial charge in [0.05, 0.1) is 6.54 Å². The summed E-state index contributed by atoms with van der Waals surface area (Å²) in [5.41, 5.74) is 0. The Hall–Kier alpha value is -2.04. The molecule has 1 aliphatic carbocycles. The highest BCUT2D eigenvalue weighted by Gasteiger charge is 2.17. The lowest BCUT2D eigenvalue weighted by atomic mass is 10.2. The van der Waals surface area contributed by atoms with Gasteiger partial charge in [0.1, 0.15) is 5.75 Å². The monoisotopic (exact) mass is 276 g/mol. The van der Waals surface area contributed by atoms with Gasteiger partial charge in [-0.1, -0.05) is 31.0 Å². The first-order valence-electron chi connectivity index (χ1n) is 6.98. The van der Waals surface area contributed by atoms with Crippen LogP contribution in [0.4, 0.5) is 0 Å². The second-order valence-corrected chi connectivity index (χ2v) is 4.93. The van der Waals surface area contributed by atoms with E-state index in [2.05, 4.69) is 10.6 Å². The van der Waals surface area contributed by atoms with Crippen molar-refractivity contribution in [1.29, 1.82) is 0 Å². The van der Waals surface area contributed by atoms with Crippen molar-refractivity contribution in [1.82, 2.24) is 10.6 Å². The zero-order chi connectivity index (χ0) is 14.2. The maximum Gasteiger partial charge on any atom is 0.258 e. The lowest BCUT2D eigenvalue weighted by Gasteiger charge is -2.12. The normalized spacial score (nSPS) is 14.8. The van der Waals surface area contributed by atoms with Crippen LogP contribution in [0, 0.1) is 0 Å². The van der Waals surface area contributed by atoms with E-state index in [1.165, 1.54) is 12.8 Å². The Morgan fingerprint density at radius 1 is 1.10 bits per heavy atom. The fourth-order valence-corrected chi connectivity index (χ4v) is 2.24. The molecule has 20 heavy (non-hydrogen) atoms. The first-order valence-corrected chi connectivity index (χ1v) is 6.98. The molecule has 2 N–H and O–H groups in total. The number of carbonyl (C=O) groups excluding carboxylic acids is 2. The zero-order valence-electron chi connectivity index (χ0n) is 11.4. The average molecular weight is 276 g/mol. The Morgan fingerprint density at radius 2 is 1.80 bits per heavy atom. The molecular formula is C15H20N2O3. The molecule has 0 spiro atoms. The van der Waals surface area contributed by atoms with Crippen LogP contribution in [0.2, 0.25) is 0 Å². The molecule has 1 aromatic rings. The predicted octanol–water partition coefficient (Wildman–Crippen LogP) is 1.24. The van der Waals surface area contributed by atoms with Gasteiger partial charge < -0.3 is 15.4 Å². The molecule has 2 amide bonds. The Kier molecular flexibility index (Phi) is 5.41. The number of amides is 2. The van der Waals surface area contributed by atoms with Crippen molar-refractivity contribution in [3.8, 4) is 5.75 Å². The Balaban J connectivity index is 1.61. The maximum absolute atomic E-state index is 11.6. The van der Waals surface area contributed by atoms with Gasteiger partial charge in [-0.05, 0) is 25.0 Å². The minimum absolute atomic E-state index is 0.00742. The third-order valence-electron chi connectivity index (χ3n) is 3.28. The Labute approximate surface area is 118 Å². The summed E-state index contributed by atoms with van der Waals surface area (Å²) in [6.07, 6.45) is 4.41. The minimum atomic E-state index is -0.296. The van der Waals surface area contributed by atoms with E-state index in [0.717, 1.165) is 12.8 Å². The van der Waals surface area contributed by atoms with Crippen LogP contribution in [0.25, 0.3) is 0 Å². The molecule has 2 rings (SSSR count). The summed E-state index contributed by atoms with van der Waals surface area (Å²) in [7, 11) is 0. The van der Waals surface area contributed by atoms with Crippen LogP contribution in [0.1, 0.15) is 25.7 Å². The third kappa shape index (κ3) is 4.91. The molecule has 0 aromatic heterocycles. The van der Waals surface area contributed by atoms with Crippen LogP contribution in [-0.2, 0) is 9.59 Å². The van der Waals surface area contributed by atoms with Crippen molar-refractivity contribution in [2.24, 2.45) is 0 Å². The average Bonchev–Trinajstić information content (AvgIpc) is 2.97. The lowest BCUT2D eigenvalue weighted by molar-refractivity contribution is -0.127. The van der Waals surface area contributed by atoms with Crippen molar-refractivity contribution in [2.75, 3.05) is 13.2 Å². The van der Waals surface area contributed by atoms with E-state index >= 15 is 0 Å². The number of hydrogen-bond donors (Lipinski definition) is 2. The zero-order valence-corrected chi connectivity index (χ0v) is 11.4. The van der Waals surface area contributed by atoms with Gasteiger partial charge in [0, 0.05) is 6.04 Å². The van der Waals surface area contributed by atoms with E-state index < -0.39 is 0 Å². The summed E-state index contributed by atoms with van der Waals surface area (Å²) in [6.45, 7) is -0.0752. The molecule has 1 saturated carbocycles. The fraction of sp³-hybridized carbons (Fsp3) is 0.467. The van der Waals surface area contributed by atoms with Crippen molar-refractivity contribution in [3.05, 3.63) is 30.3 Å². The lowest BCUT2D eigenvalue weighted by Crippen LogP contribution is -2.42. The molecule has 0 heterocycles. The van der Waals surface area contributed by atoms with Crippen molar-refractivity contribution in [3.63, 3.8) is 0 Å². The van der Waals surface area contributed by atoms with Crippen LogP contribution in [0.3, 0.4) is 0 Å². The molecule has 5 nitrogen and oxygen atoms in total. The molecular weight excluding hydrogens is 256 g/mol. The summed E-state index contributed by atoms with van der Waals surface area (Å²) >= 11 is 0. The second-order valence-electron chi connectivity index (χ2n) is 4.93. The number of rotatable bonds is 6. The van der Waals surface area contributed by atoms with E-state index in [-0.39, 0.29) is 31.0 Å². The van der Waals surface area contributed by atoms with E-state index in [4.69, 9.17) is 4.74 Å². The van der Waals surface area contributed by atoms with Gasteiger partial charge in [-0.25, -0.2) is 0 Å². The van der Waals surface area contributed by atoms with Gasteiger partial charge in [0.2, 0.25) is 5.91 Å². The Morgan fingerprint density at radius 3 is 2.50 bits per heavy atom. The largest absolute Gasteiger partial charge is 0.484 e. The standard InChI is InChI=1S/C15H20N2O3/c18-14(17-12-6-4-5-7-12)10-16-15(19)11-20-13-8-2-1-3-9-13/h1-3,8-9,12H,4-7,10-11H2,(H,16,19)(H,17,18). The molecule has 0 radical (unpaired) electrons. The summed E-state index contributed by atoms with van der Waals surface area (Å²) < 4.78 is 5.29. The highest BCUT2D eigenvalue weighted by molar-refractivity contribution is 5.85. The molecule has 0 unspecified atom stereocenters. The predicted molar refractivity (Wildman–Crippen MR) is 75.3 cm³/mol. The molecule has 5 heteroatoms. The number of ether oxygens (including phenoxy) is 1. The summed E-state index contributed by atoms with van der Waals surface area (Å²) in [4.78, 5) is 23.2. The summed E-state index contributed by atoms with van der Waals surface area (Å²) in [5, 5.41) is 5.46. The van der Waals surface area contributed by atoms with Crippen LogP contribution in [-0.4, -0.2) is 31.0 Å². The maximum atomic E-state index is 11.6. The molecule has 1 aromatic carbocycles. The van der Waals surface area contributed by atoms with Gasteiger partial charge in [0.25, 0.3) is 5.91 Å². The highest BCUT2D eigenvalue weighted by atomic mass is 16.5. The summed E-state index contributed by atoms with van der Waals surface area (Å²) in [5.74, 6) is 0.207. The smallest absolute Gasteiger partial charge is 0.258 e. The van der Waals surface area contributed by atoms with Gasteiger partial charge in [-0.15, -0.1) is 0 Å². The molecule has 0 bridgehead atoms. The molecule has 0 atom stereocenters. The van der Waals surface area contributed by atoms with Crippen molar-refractivity contribution in [2.45, 2.75) is 31.7 Å². The topological polar surface area (TPSA) is 67.4 Å². The van der Waals surface area contributed by atoms with Crippen LogP contribution < -0.4 is 15.4 Å². The first kappa shape index (κ1) is 14.4. The number of hydrogen-bond acceptors (Lipinski definition) is 3. The molecule has 1 fully saturated rings. The molecule has 0 aliphatic heterocycles. The molecule has 1 aliphatic rings. The molecule has 108 valence electrons. The van der Waals surface area contributed by atoms with E-state index in [1.807, 2.05) is 18.2 Å². The SMILES string of the molecule is O=C(COc1ccccc1)NCC(=O)NC1CCCC1. The Bertz CT molecular complexity index is 442. The number of carbonyl (C=O) groups is 2.